The Labute approximate surface area is 222 Å². The highest BCUT2D eigenvalue weighted by Gasteiger charge is 2.40. The summed E-state index contributed by atoms with van der Waals surface area (Å²) >= 11 is 0. The van der Waals surface area contributed by atoms with Crippen LogP contribution in [0.15, 0.2) is 42.5 Å². The largest absolute Gasteiger partial charge is 0.489 e. The topological polar surface area (TPSA) is 88.2 Å². The molecule has 0 spiro atoms. The van der Waals surface area contributed by atoms with Crippen LogP contribution in [-0.2, 0) is 16.1 Å². The van der Waals surface area contributed by atoms with E-state index in [-0.39, 0.29) is 48.7 Å². The van der Waals surface area contributed by atoms with Crippen molar-refractivity contribution in [2.24, 2.45) is 0 Å². The highest BCUT2D eigenvalue weighted by molar-refractivity contribution is 6.01. The van der Waals surface area contributed by atoms with E-state index in [0.717, 1.165) is 50.6 Å². The number of ether oxygens (including phenoxy) is 2. The minimum Gasteiger partial charge on any atom is -0.489 e. The quantitative estimate of drug-likeness (QED) is 0.481. The summed E-state index contributed by atoms with van der Waals surface area (Å²) in [5.74, 6) is 0.490. The second-order valence-corrected chi connectivity index (χ2v) is 10.3. The van der Waals surface area contributed by atoms with Gasteiger partial charge in [-0.05, 0) is 61.6 Å². The molecule has 8 nitrogen and oxygen atoms in total. The van der Waals surface area contributed by atoms with Crippen molar-refractivity contribution in [3.63, 3.8) is 0 Å². The van der Waals surface area contributed by atoms with Crippen molar-refractivity contribution >= 4 is 18.1 Å². The number of rotatable bonds is 10. The smallest absolute Gasteiger partial charge is 0.255 e. The molecule has 38 heavy (non-hydrogen) atoms. The number of benzene rings is 2. The Balaban J connectivity index is 1.22. The Bertz CT molecular complexity index is 1180. The lowest BCUT2D eigenvalue weighted by Gasteiger charge is -2.47. The number of fused-ring (bicyclic) bond motifs is 1. The summed E-state index contributed by atoms with van der Waals surface area (Å²) in [7, 11) is 1.53. The van der Waals surface area contributed by atoms with Gasteiger partial charge in [-0.3, -0.25) is 14.5 Å². The molecule has 3 aliphatic rings. The number of likely N-dealkylation sites (tertiary alicyclic amines) is 1. The van der Waals surface area contributed by atoms with E-state index in [9.17, 15) is 18.8 Å². The highest BCUT2D eigenvalue weighted by Crippen LogP contribution is 2.34. The van der Waals surface area contributed by atoms with Crippen LogP contribution in [0.4, 0.5) is 4.39 Å². The van der Waals surface area contributed by atoms with Gasteiger partial charge in [0.2, 0.25) is 5.91 Å². The van der Waals surface area contributed by atoms with Crippen LogP contribution in [0.2, 0.25) is 0 Å². The Hall–Kier alpha value is -3.46. The van der Waals surface area contributed by atoms with Gasteiger partial charge in [0, 0.05) is 50.8 Å². The lowest BCUT2D eigenvalue weighted by Crippen LogP contribution is -2.62. The average molecular weight is 524 g/mol. The van der Waals surface area contributed by atoms with E-state index in [4.69, 9.17) is 9.47 Å². The van der Waals surface area contributed by atoms with Crippen molar-refractivity contribution in [2.45, 2.75) is 69.4 Å². The summed E-state index contributed by atoms with van der Waals surface area (Å²) in [4.78, 5) is 40.3. The lowest BCUT2D eigenvalue weighted by atomic mass is 9.89. The molecule has 2 fully saturated rings. The fourth-order valence-corrected chi connectivity index (χ4v) is 5.82. The van der Waals surface area contributed by atoms with Gasteiger partial charge in [0.05, 0.1) is 0 Å². The Kier molecular flexibility index (Phi) is 7.93. The maximum absolute atomic E-state index is 13.5. The van der Waals surface area contributed by atoms with Gasteiger partial charge in [-0.25, -0.2) is 4.39 Å². The van der Waals surface area contributed by atoms with Crippen molar-refractivity contribution in [3.05, 3.63) is 59.4 Å². The van der Waals surface area contributed by atoms with Gasteiger partial charge in [-0.15, -0.1) is 0 Å². The van der Waals surface area contributed by atoms with Crippen LogP contribution in [0.25, 0.3) is 0 Å². The average Bonchev–Trinajstić information content (AvgIpc) is 3.22. The summed E-state index contributed by atoms with van der Waals surface area (Å²) in [5.41, 5.74) is 1.39. The zero-order valence-corrected chi connectivity index (χ0v) is 21.6. The number of likely N-dealkylation sites (N-methyl/N-ethyl adjacent to an activating group) is 1. The van der Waals surface area contributed by atoms with Gasteiger partial charge < -0.3 is 24.5 Å². The van der Waals surface area contributed by atoms with Crippen molar-refractivity contribution in [3.8, 4) is 11.5 Å². The zero-order chi connectivity index (χ0) is 26.6. The molecule has 2 aromatic carbocycles. The SMILES string of the molecule is CNC(=O)C(CCC=O)N1Cc2cc(OC3CCCCC3N3CC(Oc4cccc(F)c4)C3)ccc2C1=O. The molecule has 202 valence electrons. The van der Waals surface area contributed by atoms with Gasteiger partial charge in [0.15, 0.2) is 0 Å². The van der Waals surface area contributed by atoms with Crippen molar-refractivity contribution in [1.29, 1.82) is 0 Å². The van der Waals surface area contributed by atoms with Crippen molar-refractivity contribution in [1.82, 2.24) is 15.1 Å². The lowest BCUT2D eigenvalue weighted by molar-refractivity contribution is -0.125. The van der Waals surface area contributed by atoms with Gasteiger partial charge in [-0.1, -0.05) is 12.5 Å². The Morgan fingerprint density at radius 2 is 1.92 bits per heavy atom. The molecule has 2 aliphatic heterocycles. The van der Waals surface area contributed by atoms with E-state index < -0.39 is 6.04 Å². The van der Waals surface area contributed by atoms with Crippen LogP contribution in [0.5, 0.6) is 11.5 Å². The number of amides is 2. The van der Waals surface area contributed by atoms with Crippen LogP contribution in [-0.4, -0.2) is 72.3 Å². The molecule has 3 atom stereocenters. The Morgan fingerprint density at radius 3 is 2.68 bits per heavy atom. The molecule has 1 N–H and O–H groups in total. The normalized spacial score (nSPS) is 22.4. The zero-order valence-electron chi connectivity index (χ0n) is 21.6. The summed E-state index contributed by atoms with van der Waals surface area (Å²) in [6.45, 7) is 1.86. The second-order valence-electron chi connectivity index (χ2n) is 10.3. The molecule has 3 unspecified atom stereocenters. The molecule has 2 aromatic rings. The van der Waals surface area contributed by atoms with E-state index >= 15 is 0 Å². The fourth-order valence-electron chi connectivity index (χ4n) is 5.82. The molecule has 2 heterocycles. The number of carbonyl (C=O) groups is 3. The predicted octanol–water partition coefficient (Wildman–Crippen LogP) is 3.33. The van der Waals surface area contributed by atoms with E-state index in [2.05, 4.69) is 10.2 Å². The maximum atomic E-state index is 13.5. The first kappa shape index (κ1) is 26.2. The number of carbonyl (C=O) groups excluding carboxylic acids is 3. The maximum Gasteiger partial charge on any atom is 0.255 e. The Morgan fingerprint density at radius 1 is 1.13 bits per heavy atom. The van der Waals surface area contributed by atoms with Crippen LogP contribution < -0.4 is 14.8 Å². The molecule has 9 heteroatoms. The molecule has 0 aromatic heterocycles. The first-order chi connectivity index (χ1) is 18.5. The standard InChI is InChI=1S/C29H34FN3O5/c1-31-28(35)26(9-5-13-34)33-16-19-14-22(11-12-24(19)29(33)36)38-27-10-3-2-8-25(27)32-17-23(18-32)37-21-7-4-6-20(30)15-21/h4,6-7,11-15,23,25-27H,2-3,5,8-10,16-18H2,1H3,(H,31,35). The molecule has 1 aliphatic carbocycles. The van der Waals surface area contributed by atoms with E-state index in [1.807, 2.05) is 12.1 Å². The van der Waals surface area contributed by atoms with Crippen LogP contribution in [0, 0.1) is 5.82 Å². The monoisotopic (exact) mass is 523 g/mol. The minimum absolute atomic E-state index is 0.0244. The number of nitrogens with one attached hydrogen (secondary N) is 1. The molecule has 1 saturated heterocycles. The van der Waals surface area contributed by atoms with Crippen molar-refractivity contribution in [2.75, 3.05) is 20.1 Å². The third-order valence-corrected chi connectivity index (χ3v) is 7.79. The fraction of sp³-hybridized carbons (Fsp3) is 0.483. The minimum atomic E-state index is -0.689. The molecular weight excluding hydrogens is 489 g/mol. The number of nitrogens with zero attached hydrogens (tertiary/aromatic N) is 2. The number of hydrogen-bond donors (Lipinski definition) is 1. The van der Waals surface area contributed by atoms with Crippen LogP contribution >= 0.6 is 0 Å². The number of hydrogen-bond acceptors (Lipinski definition) is 6. The number of aldehydes is 1. The summed E-state index contributed by atoms with van der Waals surface area (Å²) < 4.78 is 25.9. The third kappa shape index (κ3) is 5.53. The summed E-state index contributed by atoms with van der Waals surface area (Å²) in [6.07, 6.45) is 5.55. The molecular formula is C29H34FN3O5. The van der Waals surface area contributed by atoms with Crippen LogP contribution in [0.3, 0.4) is 0 Å². The molecule has 1 saturated carbocycles. The molecule has 0 radical (unpaired) electrons. The predicted molar refractivity (Wildman–Crippen MR) is 139 cm³/mol. The van der Waals surface area contributed by atoms with Crippen LogP contribution in [0.1, 0.15) is 54.4 Å². The van der Waals surface area contributed by atoms with Crippen molar-refractivity contribution < 1.29 is 28.2 Å². The van der Waals surface area contributed by atoms with E-state index in [1.165, 1.54) is 19.2 Å². The molecule has 5 rings (SSSR count). The third-order valence-electron chi connectivity index (χ3n) is 7.79. The number of halogens is 1. The first-order valence-electron chi connectivity index (χ1n) is 13.4. The van der Waals surface area contributed by atoms with Gasteiger partial charge >= 0.3 is 0 Å². The van der Waals surface area contributed by atoms with Gasteiger partial charge in [0.25, 0.3) is 5.91 Å². The summed E-state index contributed by atoms with van der Waals surface area (Å²) in [6, 6.07) is 11.3. The van der Waals surface area contributed by atoms with Gasteiger partial charge in [-0.2, -0.15) is 0 Å². The highest BCUT2D eigenvalue weighted by atomic mass is 19.1. The molecule has 0 bridgehead atoms. The molecule has 2 amide bonds. The van der Waals surface area contributed by atoms with E-state index in [0.29, 0.717) is 23.6 Å². The summed E-state index contributed by atoms with van der Waals surface area (Å²) in [5, 5.41) is 2.61. The van der Waals surface area contributed by atoms with Gasteiger partial charge in [0.1, 0.15) is 41.9 Å². The first-order valence-corrected chi connectivity index (χ1v) is 13.4. The van der Waals surface area contributed by atoms with E-state index in [1.54, 1.807) is 23.1 Å². The second kappa shape index (κ2) is 11.5.